The number of rotatable bonds is 10. The SMILES string of the molecule is C=C1/C(=C\C=C2/CCC[C@]3(C)[C@@H]([C@H](C)/C=C/[C@H](O)C(C)(C)OC(=O)OCCCCC)CC[C@@H]23)C[C@@H](O)C[C@@H]1O. The van der Waals surface area contributed by atoms with Crippen molar-refractivity contribution in [1.29, 1.82) is 0 Å². The molecule has 0 aromatic heterocycles. The number of aliphatic hydroxyl groups is 3. The summed E-state index contributed by atoms with van der Waals surface area (Å²) in [7, 11) is 0. The lowest BCUT2D eigenvalue weighted by atomic mass is 9.61. The Morgan fingerprint density at radius 1 is 1.21 bits per heavy atom. The van der Waals surface area contributed by atoms with Crippen LogP contribution in [-0.2, 0) is 9.47 Å². The predicted molar refractivity (Wildman–Crippen MR) is 155 cm³/mol. The third kappa shape index (κ3) is 7.86. The van der Waals surface area contributed by atoms with Gasteiger partial charge in [0.1, 0.15) is 11.7 Å². The summed E-state index contributed by atoms with van der Waals surface area (Å²) >= 11 is 0. The summed E-state index contributed by atoms with van der Waals surface area (Å²) in [6, 6.07) is 0. The van der Waals surface area contributed by atoms with E-state index in [1.807, 2.05) is 0 Å². The molecular formula is C33H52O6. The predicted octanol–water partition coefficient (Wildman–Crippen LogP) is 6.80. The molecule has 0 aliphatic heterocycles. The van der Waals surface area contributed by atoms with Crippen molar-refractivity contribution in [2.45, 2.75) is 123 Å². The average Bonchev–Trinajstić information content (AvgIpc) is 3.23. The third-order valence-electron chi connectivity index (χ3n) is 9.56. The van der Waals surface area contributed by atoms with E-state index in [9.17, 15) is 20.1 Å². The van der Waals surface area contributed by atoms with E-state index in [4.69, 9.17) is 9.47 Å². The van der Waals surface area contributed by atoms with Crippen LogP contribution in [0, 0.1) is 23.2 Å². The van der Waals surface area contributed by atoms with Crippen LogP contribution in [0.5, 0.6) is 0 Å². The van der Waals surface area contributed by atoms with E-state index in [1.54, 1.807) is 19.9 Å². The zero-order valence-corrected chi connectivity index (χ0v) is 24.8. The van der Waals surface area contributed by atoms with Gasteiger partial charge in [0.15, 0.2) is 0 Å². The average molecular weight is 545 g/mol. The Kier molecular flexibility index (Phi) is 11.1. The first kappa shape index (κ1) is 31.6. The van der Waals surface area contributed by atoms with Crippen LogP contribution < -0.4 is 0 Å². The second-order valence-corrected chi connectivity index (χ2v) is 12.9. The molecule has 3 fully saturated rings. The maximum atomic E-state index is 12.1. The number of carbonyl (C=O) groups excluding carboxylic acids is 1. The number of carbonyl (C=O) groups is 1. The lowest BCUT2D eigenvalue weighted by molar-refractivity contribution is -0.0671. The summed E-state index contributed by atoms with van der Waals surface area (Å²) < 4.78 is 10.6. The third-order valence-corrected chi connectivity index (χ3v) is 9.56. The zero-order valence-electron chi connectivity index (χ0n) is 24.8. The van der Waals surface area contributed by atoms with E-state index in [2.05, 4.69) is 45.6 Å². The number of aliphatic hydroxyl groups excluding tert-OH is 3. The molecule has 3 aliphatic rings. The summed E-state index contributed by atoms with van der Waals surface area (Å²) in [5, 5.41) is 31.2. The van der Waals surface area contributed by atoms with Crippen LogP contribution in [0.4, 0.5) is 4.79 Å². The molecule has 3 rings (SSSR count). The Labute approximate surface area is 235 Å². The maximum absolute atomic E-state index is 12.1. The van der Waals surface area contributed by atoms with Crippen molar-refractivity contribution < 1.29 is 29.6 Å². The van der Waals surface area contributed by atoms with Gasteiger partial charge in [0.2, 0.25) is 0 Å². The van der Waals surface area contributed by atoms with E-state index in [-0.39, 0.29) is 11.3 Å². The minimum atomic E-state index is -1.08. The van der Waals surface area contributed by atoms with E-state index in [1.165, 1.54) is 12.0 Å². The molecule has 3 saturated carbocycles. The second kappa shape index (κ2) is 13.6. The number of ether oxygens (including phenoxy) is 2. The Hall–Kier alpha value is -1.89. The van der Waals surface area contributed by atoms with Crippen LogP contribution in [0.1, 0.15) is 98.8 Å². The van der Waals surface area contributed by atoms with Gasteiger partial charge in [-0.25, -0.2) is 4.79 Å². The van der Waals surface area contributed by atoms with Crippen LogP contribution in [0.3, 0.4) is 0 Å². The van der Waals surface area contributed by atoms with Crippen molar-refractivity contribution in [3.05, 3.63) is 47.6 Å². The highest BCUT2D eigenvalue weighted by atomic mass is 16.7. The molecule has 7 atom stereocenters. The second-order valence-electron chi connectivity index (χ2n) is 12.9. The quantitative estimate of drug-likeness (QED) is 0.159. The highest BCUT2D eigenvalue weighted by Gasteiger charge is 2.50. The van der Waals surface area contributed by atoms with Crippen molar-refractivity contribution >= 4 is 6.16 Å². The molecule has 6 heteroatoms. The van der Waals surface area contributed by atoms with Gasteiger partial charge >= 0.3 is 6.16 Å². The van der Waals surface area contributed by atoms with Gasteiger partial charge in [-0.2, -0.15) is 0 Å². The Bertz CT molecular complexity index is 946. The molecule has 3 N–H and O–H groups in total. The summed E-state index contributed by atoms with van der Waals surface area (Å²) in [6.45, 7) is 14.5. The first-order valence-corrected chi connectivity index (χ1v) is 15.1. The standard InChI is InChI=1S/C33H52O6/c1-7-8-9-19-38-31(37)39-32(4,5)30(36)17-12-22(2)27-15-16-28-24(11-10-18-33(27,28)6)13-14-25-20-26(34)21-29(35)23(25)3/h12-14,17,22,26-30,34-36H,3,7-11,15-16,18-21H2,1-2,4-6H3/b17-12+,24-13+,25-14-/t22-,26-,27-,28+,29+,30+,33-/m1/s1. The van der Waals surface area contributed by atoms with Crippen LogP contribution >= 0.6 is 0 Å². The number of fused-ring (bicyclic) bond motifs is 1. The topological polar surface area (TPSA) is 96.2 Å². The molecule has 3 aliphatic carbocycles. The highest BCUT2D eigenvalue weighted by Crippen LogP contribution is 2.59. The van der Waals surface area contributed by atoms with E-state index in [0.717, 1.165) is 56.1 Å². The van der Waals surface area contributed by atoms with Gasteiger partial charge in [-0.05, 0) is 93.1 Å². The van der Waals surface area contributed by atoms with Gasteiger partial charge in [0.05, 0.1) is 18.8 Å². The monoisotopic (exact) mass is 544 g/mol. The molecular weight excluding hydrogens is 492 g/mol. The highest BCUT2D eigenvalue weighted by molar-refractivity contribution is 5.60. The molecule has 0 spiro atoms. The first-order valence-electron chi connectivity index (χ1n) is 15.1. The lowest BCUT2D eigenvalue weighted by Gasteiger charge is -2.44. The van der Waals surface area contributed by atoms with Crippen molar-refractivity contribution in [2.75, 3.05) is 6.61 Å². The largest absolute Gasteiger partial charge is 0.508 e. The number of hydrogen-bond donors (Lipinski definition) is 3. The van der Waals surface area contributed by atoms with Crippen LogP contribution in [-0.4, -0.2) is 52.0 Å². The Morgan fingerprint density at radius 2 is 1.95 bits per heavy atom. The molecule has 0 bridgehead atoms. The number of unbranched alkanes of at least 4 members (excludes halogenated alkanes) is 2. The van der Waals surface area contributed by atoms with Gasteiger partial charge in [-0.15, -0.1) is 0 Å². The van der Waals surface area contributed by atoms with Gasteiger partial charge in [-0.3, -0.25) is 0 Å². The Balaban J connectivity index is 1.63. The normalized spacial score (nSPS) is 33.4. The molecule has 0 heterocycles. The zero-order chi connectivity index (χ0) is 28.8. The molecule has 0 aromatic carbocycles. The van der Waals surface area contributed by atoms with Crippen LogP contribution in [0.15, 0.2) is 47.6 Å². The first-order chi connectivity index (χ1) is 18.4. The summed E-state index contributed by atoms with van der Waals surface area (Å²) in [5.41, 5.74) is 2.24. The van der Waals surface area contributed by atoms with Gasteiger partial charge < -0.3 is 24.8 Å². The van der Waals surface area contributed by atoms with Crippen molar-refractivity contribution in [2.24, 2.45) is 23.2 Å². The number of hydrogen-bond acceptors (Lipinski definition) is 6. The fourth-order valence-corrected chi connectivity index (χ4v) is 7.07. The minimum Gasteiger partial charge on any atom is -0.434 e. The van der Waals surface area contributed by atoms with Crippen molar-refractivity contribution in [3.63, 3.8) is 0 Å². The molecule has 220 valence electrons. The number of allylic oxidation sites excluding steroid dienone is 4. The summed E-state index contributed by atoms with van der Waals surface area (Å²) in [4.78, 5) is 12.1. The van der Waals surface area contributed by atoms with Crippen molar-refractivity contribution in [1.82, 2.24) is 0 Å². The van der Waals surface area contributed by atoms with Gasteiger partial charge in [-0.1, -0.05) is 70.1 Å². The summed E-state index contributed by atoms with van der Waals surface area (Å²) in [5.74, 6) is 1.26. The molecule has 6 nitrogen and oxygen atoms in total. The molecule has 0 radical (unpaired) electrons. The van der Waals surface area contributed by atoms with Gasteiger partial charge in [0, 0.05) is 6.42 Å². The van der Waals surface area contributed by atoms with Crippen molar-refractivity contribution in [3.8, 4) is 0 Å². The Morgan fingerprint density at radius 3 is 2.67 bits per heavy atom. The minimum absolute atomic E-state index is 0.175. The molecule has 0 aromatic rings. The van der Waals surface area contributed by atoms with E-state index < -0.39 is 30.1 Å². The molecule has 0 unspecified atom stereocenters. The lowest BCUT2D eigenvalue weighted by Crippen LogP contribution is -2.40. The summed E-state index contributed by atoms with van der Waals surface area (Å²) in [6.07, 6.45) is 14.8. The smallest absolute Gasteiger partial charge is 0.434 e. The molecule has 0 saturated heterocycles. The fourth-order valence-electron chi connectivity index (χ4n) is 7.07. The van der Waals surface area contributed by atoms with E-state index in [0.29, 0.717) is 31.3 Å². The molecule has 39 heavy (non-hydrogen) atoms. The van der Waals surface area contributed by atoms with E-state index >= 15 is 0 Å². The van der Waals surface area contributed by atoms with Gasteiger partial charge in [0.25, 0.3) is 0 Å². The maximum Gasteiger partial charge on any atom is 0.508 e. The van der Waals surface area contributed by atoms with Crippen LogP contribution in [0.25, 0.3) is 0 Å². The molecule has 0 amide bonds. The van der Waals surface area contributed by atoms with Crippen LogP contribution in [0.2, 0.25) is 0 Å². The fraction of sp³-hybridized carbons (Fsp3) is 0.727.